The monoisotopic (exact) mass is 398 g/mol. The van der Waals surface area contributed by atoms with Crippen molar-refractivity contribution >= 4 is 17.5 Å². The maximum Gasteiger partial charge on any atom is 0.307 e. The van der Waals surface area contributed by atoms with Crippen LogP contribution in [0.3, 0.4) is 0 Å². The standard InChI is InChI=1S/C20H16F2N4O3/c21-12-2-1-3-13(22)16(12)18-25-14-9-23-20(29)17(14)19(26-18)24-11-6-4-10(5-7-11)8-15(27)28/h1-7,20,23,29H,8-9H2,(H,27,28)(H,24,25,26). The molecular weight excluding hydrogens is 382 g/mol. The lowest BCUT2D eigenvalue weighted by atomic mass is 10.1. The Balaban J connectivity index is 1.74. The Bertz CT molecular complexity index is 1070. The number of hydrogen-bond acceptors (Lipinski definition) is 6. The van der Waals surface area contributed by atoms with Gasteiger partial charge >= 0.3 is 5.97 Å². The third-order valence-corrected chi connectivity index (χ3v) is 4.52. The van der Waals surface area contributed by atoms with E-state index in [1.807, 2.05) is 0 Å². The van der Waals surface area contributed by atoms with Crippen molar-refractivity contribution in [3.05, 3.63) is 70.9 Å². The molecule has 1 atom stereocenters. The Morgan fingerprint density at radius 2 is 1.83 bits per heavy atom. The fraction of sp³-hybridized carbons (Fsp3) is 0.150. The number of aliphatic carboxylic acids is 1. The summed E-state index contributed by atoms with van der Waals surface area (Å²) in [5, 5.41) is 24.9. The predicted octanol–water partition coefficient (Wildman–Crippen LogP) is 2.89. The number of carboxylic acid groups (broad SMARTS) is 1. The smallest absolute Gasteiger partial charge is 0.307 e. The van der Waals surface area contributed by atoms with Gasteiger partial charge in [0.1, 0.15) is 23.7 Å². The van der Waals surface area contributed by atoms with E-state index in [0.29, 0.717) is 22.5 Å². The lowest BCUT2D eigenvalue weighted by Gasteiger charge is -2.14. The Hall–Kier alpha value is -3.43. The molecule has 1 aliphatic heterocycles. The Labute approximate surface area is 164 Å². The highest BCUT2D eigenvalue weighted by Crippen LogP contribution is 2.33. The van der Waals surface area contributed by atoms with Crippen molar-refractivity contribution in [2.24, 2.45) is 0 Å². The zero-order chi connectivity index (χ0) is 20.5. The predicted molar refractivity (Wildman–Crippen MR) is 100 cm³/mol. The van der Waals surface area contributed by atoms with Gasteiger partial charge in [-0.2, -0.15) is 0 Å². The lowest BCUT2D eigenvalue weighted by molar-refractivity contribution is -0.136. The van der Waals surface area contributed by atoms with Gasteiger partial charge in [0.25, 0.3) is 0 Å². The van der Waals surface area contributed by atoms with Crippen LogP contribution in [0.25, 0.3) is 11.4 Å². The molecule has 0 spiro atoms. The van der Waals surface area contributed by atoms with Crippen LogP contribution < -0.4 is 10.6 Å². The van der Waals surface area contributed by atoms with Gasteiger partial charge in [-0.1, -0.05) is 18.2 Å². The molecule has 148 valence electrons. The number of rotatable bonds is 5. The highest BCUT2D eigenvalue weighted by molar-refractivity contribution is 5.71. The lowest BCUT2D eigenvalue weighted by Crippen LogP contribution is -2.12. The number of halogens is 2. The van der Waals surface area contributed by atoms with E-state index in [9.17, 15) is 18.7 Å². The molecule has 0 fully saturated rings. The van der Waals surface area contributed by atoms with Gasteiger partial charge < -0.3 is 15.5 Å². The van der Waals surface area contributed by atoms with Gasteiger partial charge in [0.2, 0.25) is 0 Å². The summed E-state index contributed by atoms with van der Waals surface area (Å²) in [5.41, 5.74) is 1.65. The molecule has 29 heavy (non-hydrogen) atoms. The van der Waals surface area contributed by atoms with Crippen LogP contribution in [0.15, 0.2) is 42.5 Å². The minimum atomic E-state index is -1.03. The molecule has 1 aromatic heterocycles. The van der Waals surface area contributed by atoms with Gasteiger partial charge in [-0.05, 0) is 29.8 Å². The first kappa shape index (κ1) is 18.9. The van der Waals surface area contributed by atoms with Crippen LogP contribution in [0.4, 0.5) is 20.3 Å². The summed E-state index contributed by atoms with van der Waals surface area (Å²) in [5.74, 6) is -2.46. The van der Waals surface area contributed by atoms with Crippen molar-refractivity contribution in [2.45, 2.75) is 19.2 Å². The largest absolute Gasteiger partial charge is 0.481 e. The summed E-state index contributed by atoms with van der Waals surface area (Å²) >= 11 is 0. The van der Waals surface area contributed by atoms with Gasteiger partial charge in [0, 0.05) is 12.2 Å². The Morgan fingerprint density at radius 1 is 1.14 bits per heavy atom. The summed E-state index contributed by atoms with van der Waals surface area (Å²) in [7, 11) is 0. The molecule has 1 aliphatic rings. The van der Waals surface area contributed by atoms with Crippen molar-refractivity contribution in [3.63, 3.8) is 0 Å². The number of aliphatic hydroxyl groups excluding tert-OH is 1. The van der Waals surface area contributed by atoms with Crippen LogP contribution in [0.1, 0.15) is 23.0 Å². The summed E-state index contributed by atoms with van der Waals surface area (Å²) in [4.78, 5) is 19.3. The molecule has 2 heterocycles. The zero-order valence-electron chi connectivity index (χ0n) is 15.0. The number of hydrogen-bond donors (Lipinski definition) is 4. The molecule has 0 aliphatic carbocycles. The molecule has 1 unspecified atom stereocenters. The molecule has 0 saturated carbocycles. The van der Waals surface area contributed by atoms with Gasteiger partial charge in [-0.3, -0.25) is 10.1 Å². The number of anilines is 2. The number of carbonyl (C=O) groups is 1. The minimum absolute atomic E-state index is 0.109. The third kappa shape index (κ3) is 3.78. The van der Waals surface area contributed by atoms with E-state index in [0.717, 1.165) is 12.1 Å². The highest BCUT2D eigenvalue weighted by atomic mass is 19.1. The number of aromatic nitrogens is 2. The van der Waals surface area contributed by atoms with E-state index in [1.165, 1.54) is 6.07 Å². The van der Waals surface area contributed by atoms with Crippen molar-refractivity contribution in [2.75, 3.05) is 5.32 Å². The first-order chi connectivity index (χ1) is 13.9. The average molecular weight is 398 g/mol. The summed E-state index contributed by atoms with van der Waals surface area (Å²) in [6, 6.07) is 10.1. The second kappa shape index (κ2) is 7.53. The number of aliphatic hydroxyl groups is 1. The van der Waals surface area contributed by atoms with E-state index in [4.69, 9.17) is 5.11 Å². The highest BCUT2D eigenvalue weighted by Gasteiger charge is 2.28. The molecule has 4 N–H and O–H groups in total. The number of nitrogens with one attached hydrogen (secondary N) is 2. The van der Waals surface area contributed by atoms with Crippen molar-refractivity contribution in [1.29, 1.82) is 0 Å². The molecule has 0 bridgehead atoms. The van der Waals surface area contributed by atoms with E-state index in [2.05, 4.69) is 20.6 Å². The Kier molecular flexibility index (Phi) is 4.91. The normalized spacial score (nSPS) is 15.2. The number of benzene rings is 2. The van der Waals surface area contributed by atoms with E-state index < -0.39 is 23.8 Å². The van der Waals surface area contributed by atoms with Crippen LogP contribution in [0.2, 0.25) is 0 Å². The van der Waals surface area contributed by atoms with E-state index in [-0.39, 0.29) is 30.2 Å². The molecule has 7 nitrogen and oxygen atoms in total. The Morgan fingerprint density at radius 3 is 2.48 bits per heavy atom. The van der Waals surface area contributed by atoms with Crippen molar-refractivity contribution in [1.82, 2.24) is 15.3 Å². The fourth-order valence-electron chi connectivity index (χ4n) is 3.17. The summed E-state index contributed by atoms with van der Waals surface area (Å²) in [6.07, 6.45) is -1.14. The van der Waals surface area contributed by atoms with Crippen LogP contribution >= 0.6 is 0 Å². The second-order valence-corrected chi connectivity index (χ2v) is 6.53. The van der Waals surface area contributed by atoms with E-state index >= 15 is 0 Å². The molecule has 0 saturated heterocycles. The second-order valence-electron chi connectivity index (χ2n) is 6.53. The topological polar surface area (TPSA) is 107 Å². The summed E-state index contributed by atoms with van der Waals surface area (Å²) in [6.45, 7) is 0.217. The quantitative estimate of drug-likeness (QED) is 0.523. The first-order valence-electron chi connectivity index (χ1n) is 8.77. The SMILES string of the molecule is O=C(O)Cc1ccc(Nc2nc(-c3c(F)cccc3F)nc3c2C(O)NC3)cc1. The van der Waals surface area contributed by atoms with Crippen LogP contribution in [-0.4, -0.2) is 26.2 Å². The maximum atomic E-state index is 14.2. The molecule has 9 heteroatoms. The number of carboxylic acids is 1. The van der Waals surface area contributed by atoms with E-state index in [1.54, 1.807) is 24.3 Å². The maximum absolute atomic E-state index is 14.2. The van der Waals surface area contributed by atoms with Crippen LogP contribution in [0, 0.1) is 11.6 Å². The number of nitrogens with zero attached hydrogens (tertiary/aromatic N) is 2. The van der Waals surface area contributed by atoms with Gasteiger partial charge in [0.05, 0.1) is 23.2 Å². The molecule has 4 rings (SSSR count). The molecule has 2 aromatic carbocycles. The van der Waals surface area contributed by atoms with Gasteiger partial charge in [-0.25, -0.2) is 18.7 Å². The minimum Gasteiger partial charge on any atom is -0.481 e. The van der Waals surface area contributed by atoms with Crippen molar-refractivity contribution < 1.29 is 23.8 Å². The average Bonchev–Trinajstić information content (AvgIpc) is 3.04. The molecular formula is C20H16F2N4O3. The zero-order valence-corrected chi connectivity index (χ0v) is 15.0. The molecule has 3 aromatic rings. The van der Waals surface area contributed by atoms with Crippen molar-refractivity contribution in [3.8, 4) is 11.4 Å². The third-order valence-electron chi connectivity index (χ3n) is 4.52. The fourth-order valence-corrected chi connectivity index (χ4v) is 3.17. The van der Waals surface area contributed by atoms with Crippen LogP contribution in [-0.2, 0) is 17.8 Å². The van der Waals surface area contributed by atoms with Gasteiger partial charge in [0.15, 0.2) is 5.82 Å². The molecule has 0 radical (unpaired) electrons. The first-order valence-corrected chi connectivity index (χ1v) is 8.77. The molecule has 0 amide bonds. The van der Waals surface area contributed by atoms with Crippen LogP contribution in [0.5, 0.6) is 0 Å². The number of fused-ring (bicyclic) bond motifs is 1. The van der Waals surface area contributed by atoms with Gasteiger partial charge in [-0.15, -0.1) is 0 Å². The summed E-state index contributed by atoms with van der Waals surface area (Å²) < 4.78 is 28.4.